The summed E-state index contributed by atoms with van der Waals surface area (Å²) in [5.41, 5.74) is 7.72. The third kappa shape index (κ3) is 5.88. The SMILES string of the molecule is CN1CCN(Cc2ccc(-c3ccn4c(-c5cccc(Nc6cn[nH]n6)c5)cnc4c3)cc2)CC1.O=CO. The second kappa shape index (κ2) is 11.7. The molecule has 0 amide bonds. The highest BCUT2D eigenvalue weighted by Crippen LogP contribution is 2.28. The van der Waals surface area contributed by atoms with E-state index in [4.69, 9.17) is 14.9 Å². The van der Waals surface area contributed by atoms with Crippen LogP contribution in [-0.4, -0.2) is 79.4 Å². The summed E-state index contributed by atoms with van der Waals surface area (Å²) in [6.45, 7) is 5.33. The highest BCUT2D eigenvalue weighted by molar-refractivity contribution is 5.73. The molecule has 194 valence electrons. The van der Waals surface area contributed by atoms with Gasteiger partial charge in [-0.25, -0.2) is 4.98 Å². The Balaban J connectivity index is 0.000000937. The number of anilines is 2. The van der Waals surface area contributed by atoms with Crippen molar-refractivity contribution in [3.05, 3.63) is 84.8 Å². The van der Waals surface area contributed by atoms with Gasteiger partial charge in [0.25, 0.3) is 6.47 Å². The van der Waals surface area contributed by atoms with Crippen molar-refractivity contribution in [2.24, 2.45) is 0 Å². The molecule has 4 heterocycles. The van der Waals surface area contributed by atoms with Crippen LogP contribution in [0.25, 0.3) is 28.0 Å². The molecule has 10 nitrogen and oxygen atoms in total. The first-order valence-corrected chi connectivity index (χ1v) is 12.4. The zero-order chi connectivity index (χ0) is 26.3. The number of hydrogen-bond donors (Lipinski definition) is 3. The van der Waals surface area contributed by atoms with Crippen molar-refractivity contribution in [1.29, 1.82) is 0 Å². The maximum atomic E-state index is 8.36. The first-order valence-electron chi connectivity index (χ1n) is 12.4. The number of likely N-dealkylation sites (N-methyl/N-ethyl adjacent to an activating group) is 1. The zero-order valence-corrected chi connectivity index (χ0v) is 21.2. The van der Waals surface area contributed by atoms with Gasteiger partial charge < -0.3 is 15.3 Å². The number of aromatic amines is 1. The van der Waals surface area contributed by atoms with Crippen LogP contribution >= 0.6 is 0 Å². The molecule has 38 heavy (non-hydrogen) atoms. The van der Waals surface area contributed by atoms with E-state index in [2.05, 4.69) is 96.7 Å². The van der Waals surface area contributed by atoms with Crippen LogP contribution in [0.4, 0.5) is 11.5 Å². The number of carboxylic acid groups (broad SMARTS) is 1. The quantitative estimate of drug-likeness (QED) is 0.294. The van der Waals surface area contributed by atoms with Crippen LogP contribution in [0.5, 0.6) is 0 Å². The smallest absolute Gasteiger partial charge is 0.290 e. The predicted molar refractivity (Wildman–Crippen MR) is 147 cm³/mol. The average molecular weight is 511 g/mol. The van der Waals surface area contributed by atoms with Crippen molar-refractivity contribution in [2.45, 2.75) is 6.54 Å². The minimum absolute atomic E-state index is 0.250. The van der Waals surface area contributed by atoms with Crippen molar-refractivity contribution in [3.8, 4) is 22.4 Å². The number of nitrogens with one attached hydrogen (secondary N) is 2. The number of rotatable bonds is 6. The molecule has 1 aliphatic heterocycles. The molecule has 1 aliphatic rings. The summed E-state index contributed by atoms with van der Waals surface area (Å²) in [4.78, 5) is 18.0. The van der Waals surface area contributed by atoms with Crippen LogP contribution in [-0.2, 0) is 11.3 Å². The number of fused-ring (bicyclic) bond motifs is 1. The number of benzene rings is 2. The summed E-state index contributed by atoms with van der Waals surface area (Å²) in [6, 6.07) is 21.5. The molecule has 3 aromatic heterocycles. The molecule has 0 aliphatic carbocycles. The van der Waals surface area contributed by atoms with Gasteiger partial charge in [-0.15, -0.1) is 5.10 Å². The lowest BCUT2D eigenvalue weighted by Gasteiger charge is -2.32. The van der Waals surface area contributed by atoms with Crippen LogP contribution in [0.15, 0.2) is 79.3 Å². The Morgan fingerprint density at radius 3 is 2.50 bits per heavy atom. The number of piperazine rings is 1. The van der Waals surface area contributed by atoms with Crippen LogP contribution in [0.2, 0.25) is 0 Å². The van der Waals surface area contributed by atoms with Crippen molar-refractivity contribution in [2.75, 3.05) is 38.5 Å². The molecule has 0 radical (unpaired) electrons. The predicted octanol–water partition coefficient (Wildman–Crippen LogP) is 3.98. The molecule has 0 bridgehead atoms. The lowest BCUT2D eigenvalue weighted by atomic mass is 10.0. The number of carbonyl (C=O) groups is 1. The number of nitrogens with zero attached hydrogens (tertiary/aromatic N) is 6. The maximum Gasteiger partial charge on any atom is 0.290 e. The van der Waals surface area contributed by atoms with Gasteiger partial charge in [0.05, 0.1) is 18.1 Å². The summed E-state index contributed by atoms with van der Waals surface area (Å²) in [5.74, 6) is 0.680. The molecular weight excluding hydrogens is 480 g/mol. The molecule has 0 saturated carbocycles. The van der Waals surface area contributed by atoms with E-state index in [0.29, 0.717) is 5.82 Å². The molecule has 5 aromatic rings. The molecule has 6 rings (SSSR count). The third-order valence-corrected chi connectivity index (χ3v) is 6.65. The number of pyridine rings is 1. The van der Waals surface area contributed by atoms with Crippen LogP contribution in [0.1, 0.15) is 5.56 Å². The van der Waals surface area contributed by atoms with Crippen LogP contribution in [0, 0.1) is 0 Å². The van der Waals surface area contributed by atoms with E-state index in [0.717, 1.165) is 55.3 Å². The van der Waals surface area contributed by atoms with E-state index in [1.54, 1.807) is 6.20 Å². The molecule has 2 aromatic carbocycles. The Bertz CT molecular complexity index is 1470. The van der Waals surface area contributed by atoms with Crippen molar-refractivity contribution >= 4 is 23.6 Å². The average Bonchev–Trinajstić information content (AvgIpc) is 3.61. The number of imidazole rings is 1. The van der Waals surface area contributed by atoms with Gasteiger partial charge in [-0.3, -0.25) is 14.1 Å². The van der Waals surface area contributed by atoms with E-state index in [9.17, 15) is 0 Å². The molecule has 0 spiro atoms. The fourth-order valence-corrected chi connectivity index (χ4v) is 4.61. The van der Waals surface area contributed by atoms with Gasteiger partial charge in [-0.1, -0.05) is 36.4 Å². The minimum Gasteiger partial charge on any atom is -0.483 e. The second-order valence-electron chi connectivity index (χ2n) is 9.23. The van der Waals surface area contributed by atoms with E-state index in [-0.39, 0.29) is 6.47 Å². The second-order valence-corrected chi connectivity index (χ2v) is 9.23. The third-order valence-electron chi connectivity index (χ3n) is 6.65. The molecule has 0 unspecified atom stereocenters. The Morgan fingerprint density at radius 2 is 1.76 bits per heavy atom. The fourth-order valence-electron chi connectivity index (χ4n) is 4.61. The van der Waals surface area contributed by atoms with Gasteiger partial charge in [-0.2, -0.15) is 10.3 Å². The van der Waals surface area contributed by atoms with Crippen molar-refractivity contribution in [3.63, 3.8) is 0 Å². The molecule has 0 atom stereocenters. The van der Waals surface area contributed by atoms with Gasteiger partial charge in [0, 0.05) is 50.2 Å². The Morgan fingerprint density at radius 1 is 0.974 bits per heavy atom. The minimum atomic E-state index is -0.250. The van der Waals surface area contributed by atoms with E-state index in [1.165, 1.54) is 16.7 Å². The summed E-state index contributed by atoms with van der Waals surface area (Å²) in [5, 5.41) is 20.7. The van der Waals surface area contributed by atoms with Gasteiger partial charge in [0.15, 0.2) is 5.82 Å². The Hall–Kier alpha value is -4.54. The highest BCUT2D eigenvalue weighted by atomic mass is 16.3. The number of aromatic nitrogens is 5. The number of H-pyrrole nitrogens is 1. The lowest BCUT2D eigenvalue weighted by Crippen LogP contribution is -2.43. The van der Waals surface area contributed by atoms with Crippen molar-refractivity contribution in [1.82, 2.24) is 34.6 Å². The van der Waals surface area contributed by atoms with Gasteiger partial charge in [-0.05, 0) is 48.0 Å². The highest BCUT2D eigenvalue weighted by Gasteiger charge is 2.14. The summed E-state index contributed by atoms with van der Waals surface area (Å²) >= 11 is 0. The molecule has 3 N–H and O–H groups in total. The summed E-state index contributed by atoms with van der Waals surface area (Å²) < 4.78 is 2.13. The summed E-state index contributed by atoms with van der Waals surface area (Å²) in [6.07, 6.45) is 5.68. The van der Waals surface area contributed by atoms with Crippen LogP contribution < -0.4 is 5.32 Å². The first-order chi connectivity index (χ1) is 18.6. The van der Waals surface area contributed by atoms with Gasteiger partial charge in [0.2, 0.25) is 0 Å². The number of hydrogen-bond acceptors (Lipinski definition) is 7. The summed E-state index contributed by atoms with van der Waals surface area (Å²) in [7, 11) is 2.20. The first kappa shape index (κ1) is 25.1. The van der Waals surface area contributed by atoms with Gasteiger partial charge in [0.1, 0.15) is 5.65 Å². The van der Waals surface area contributed by atoms with E-state index >= 15 is 0 Å². The molecule has 1 saturated heterocycles. The molecular formula is C28H30N8O2. The maximum absolute atomic E-state index is 8.36. The van der Waals surface area contributed by atoms with E-state index < -0.39 is 0 Å². The fraction of sp³-hybridized carbons (Fsp3) is 0.214. The molecule has 1 fully saturated rings. The topological polar surface area (TPSA) is 115 Å². The lowest BCUT2D eigenvalue weighted by molar-refractivity contribution is -0.122. The standard InChI is InChI=1S/C27H28N8.CH2O2/c1-33-11-13-34(14-12-33)19-20-5-7-21(8-6-20)22-9-10-35-25(17-28-27(35)16-22)23-3-2-4-24(15-23)30-26-18-29-32-31-26;2-1-3/h2-10,15-18H,11-14,19H2,1H3,(H2,29,30,31,32);1H,(H,2,3). The Kier molecular flexibility index (Phi) is 7.72. The normalized spacial score (nSPS) is 14.1. The molecule has 10 heteroatoms. The van der Waals surface area contributed by atoms with E-state index in [1.807, 2.05) is 18.3 Å². The zero-order valence-electron chi connectivity index (χ0n) is 21.2. The largest absolute Gasteiger partial charge is 0.483 e. The monoisotopic (exact) mass is 510 g/mol. The van der Waals surface area contributed by atoms with Gasteiger partial charge >= 0.3 is 0 Å². The van der Waals surface area contributed by atoms with Crippen LogP contribution in [0.3, 0.4) is 0 Å². The van der Waals surface area contributed by atoms with Crippen molar-refractivity contribution < 1.29 is 9.90 Å². The Labute approximate surface area is 220 Å².